The molecule has 0 radical (unpaired) electrons. The second-order valence-corrected chi connectivity index (χ2v) is 5.62. The monoisotopic (exact) mass is 198 g/mol. The molecule has 0 spiro atoms. The van der Waals surface area contributed by atoms with Crippen molar-refractivity contribution in [1.29, 1.82) is 0 Å². The number of hydrogen-bond donors (Lipinski definition) is 0. The maximum absolute atomic E-state index is 12.3. The molecular weight excluding hydrogens is 172 g/mol. The van der Waals surface area contributed by atoms with E-state index >= 15 is 0 Å². The molecule has 0 saturated heterocycles. The third-order valence-corrected chi connectivity index (χ3v) is 3.29. The van der Waals surface area contributed by atoms with Crippen molar-refractivity contribution in [2.24, 2.45) is 23.2 Å². The normalized spacial score (nSPS) is 13.0. The number of carbonyl (C=O) groups excluding carboxylic acids is 1. The first-order chi connectivity index (χ1) is 6.24. The minimum absolute atomic E-state index is 0.154. The Morgan fingerprint density at radius 1 is 1.07 bits per heavy atom. The standard InChI is InChI=1S/C13H26O/c1-8-13(6,7)12(14)11(9(2)3)10(4)5/h9-11H,8H2,1-7H3. The minimum atomic E-state index is -0.154. The van der Waals surface area contributed by atoms with Gasteiger partial charge in [-0.2, -0.15) is 0 Å². The molecule has 0 atom stereocenters. The first-order valence-corrected chi connectivity index (χ1v) is 5.78. The van der Waals surface area contributed by atoms with Crippen LogP contribution in [0.1, 0.15) is 54.9 Å². The van der Waals surface area contributed by atoms with Gasteiger partial charge in [0.1, 0.15) is 5.78 Å². The summed E-state index contributed by atoms with van der Waals surface area (Å²) in [5.74, 6) is 1.55. The highest BCUT2D eigenvalue weighted by atomic mass is 16.1. The molecule has 84 valence electrons. The topological polar surface area (TPSA) is 17.1 Å². The van der Waals surface area contributed by atoms with E-state index in [4.69, 9.17) is 0 Å². The number of Topliss-reactive ketones (excluding diaryl/α,β-unsaturated/α-hetero) is 1. The van der Waals surface area contributed by atoms with E-state index in [1.807, 2.05) is 0 Å². The summed E-state index contributed by atoms with van der Waals surface area (Å²) in [5, 5.41) is 0. The lowest BCUT2D eigenvalue weighted by Gasteiger charge is -2.31. The van der Waals surface area contributed by atoms with Gasteiger partial charge in [0.15, 0.2) is 0 Å². The van der Waals surface area contributed by atoms with Gasteiger partial charge in [-0.25, -0.2) is 0 Å². The van der Waals surface area contributed by atoms with E-state index in [1.165, 1.54) is 0 Å². The zero-order valence-corrected chi connectivity index (χ0v) is 10.8. The molecule has 14 heavy (non-hydrogen) atoms. The molecule has 0 aromatic rings. The van der Waals surface area contributed by atoms with Gasteiger partial charge in [-0.05, 0) is 18.3 Å². The summed E-state index contributed by atoms with van der Waals surface area (Å²) in [6.45, 7) is 14.8. The lowest BCUT2D eigenvalue weighted by molar-refractivity contribution is -0.134. The van der Waals surface area contributed by atoms with Crippen LogP contribution in [0.2, 0.25) is 0 Å². The van der Waals surface area contributed by atoms with Crippen LogP contribution in [0.25, 0.3) is 0 Å². The smallest absolute Gasteiger partial charge is 0.142 e. The second kappa shape index (κ2) is 4.95. The van der Waals surface area contributed by atoms with Gasteiger partial charge in [0.25, 0.3) is 0 Å². The van der Waals surface area contributed by atoms with Gasteiger partial charge in [0, 0.05) is 11.3 Å². The quantitative estimate of drug-likeness (QED) is 0.654. The molecule has 0 unspecified atom stereocenters. The highest BCUT2D eigenvalue weighted by molar-refractivity contribution is 5.86. The summed E-state index contributed by atoms with van der Waals surface area (Å²) in [6, 6.07) is 0. The summed E-state index contributed by atoms with van der Waals surface area (Å²) in [4.78, 5) is 12.3. The lowest BCUT2D eigenvalue weighted by Crippen LogP contribution is -2.36. The van der Waals surface area contributed by atoms with Crippen molar-refractivity contribution >= 4 is 5.78 Å². The summed E-state index contributed by atoms with van der Waals surface area (Å²) in [7, 11) is 0. The summed E-state index contributed by atoms with van der Waals surface area (Å²) in [6.07, 6.45) is 0.932. The van der Waals surface area contributed by atoms with Crippen LogP contribution in [-0.2, 0) is 4.79 Å². The summed E-state index contributed by atoms with van der Waals surface area (Å²) < 4.78 is 0. The first-order valence-electron chi connectivity index (χ1n) is 5.78. The van der Waals surface area contributed by atoms with Gasteiger partial charge in [-0.1, -0.05) is 48.5 Å². The maximum atomic E-state index is 12.3. The highest BCUT2D eigenvalue weighted by Gasteiger charge is 2.35. The van der Waals surface area contributed by atoms with Crippen LogP contribution < -0.4 is 0 Å². The number of hydrogen-bond acceptors (Lipinski definition) is 1. The molecule has 0 aliphatic heterocycles. The Kier molecular flexibility index (Phi) is 4.83. The van der Waals surface area contributed by atoms with Crippen LogP contribution in [0.15, 0.2) is 0 Å². The van der Waals surface area contributed by atoms with Crippen molar-refractivity contribution in [3.8, 4) is 0 Å². The predicted octanol–water partition coefficient (Wildman–Crippen LogP) is 3.92. The van der Waals surface area contributed by atoms with Crippen molar-refractivity contribution in [2.45, 2.75) is 54.9 Å². The van der Waals surface area contributed by atoms with E-state index in [0.717, 1.165) is 6.42 Å². The Balaban J connectivity index is 4.78. The van der Waals surface area contributed by atoms with E-state index in [1.54, 1.807) is 0 Å². The fourth-order valence-electron chi connectivity index (χ4n) is 2.00. The molecule has 0 aromatic heterocycles. The van der Waals surface area contributed by atoms with Crippen LogP contribution >= 0.6 is 0 Å². The van der Waals surface area contributed by atoms with Crippen LogP contribution in [0, 0.1) is 23.2 Å². The Hall–Kier alpha value is -0.330. The lowest BCUT2D eigenvalue weighted by atomic mass is 9.71. The molecule has 0 rings (SSSR count). The molecule has 0 aliphatic carbocycles. The summed E-state index contributed by atoms with van der Waals surface area (Å²) in [5.41, 5.74) is -0.154. The Morgan fingerprint density at radius 2 is 1.43 bits per heavy atom. The fraction of sp³-hybridized carbons (Fsp3) is 0.923. The Bertz CT molecular complexity index is 181. The SMILES string of the molecule is CCC(C)(C)C(=O)C(C(C)C)C(C)C. The van der Waals surface area contributed by atoms with E-state index in [0.29, 0.717) is 17.6 Å². The molecule has 1 nitrogen and oxygen atoms in total. The molecule has 0 N–H and O–H groups in total. The average molecular weight is 198 g/mol. The molecule has 0 fully saturated rings. The minimum Gasteiger partial charge on any atom is -0.299 e. The number of carbonyl (C=O) groups is 1. The van der Waals surface area contributed by atoms with Gasteiger partial charge in [0.2, 0.25) is 0 Å². The molecule has 0 amide bonds. The van der Waals surface area contributed by atoms with Gasteiger partial charge in [0.05, 0.1) is 0 Å². The second-order valence-electron chi connectivity index (χ2n) is 5.62. The van der Waals surface area contributed by atoms with Crippen molar-refractivity contribution in [2.75, 3.05) is 0 Å². The molecule has 0 bridgehead atoms. The Morgan fingerprint density at radius 3 is 1.64 bits per heavy atom. The summed E-state index contributed by atoms with van der Waals surface area (Å²) >= 11 is 0. The van der Waals surface area contributed by atoms with E-state index in [2.05, 4.69) is 48.5 Å². The van der Waals surface area contributed by atoms with Gasteiger partial charge in [-0.3, -0.25) is 4.79 Å². The first kappa shape index (κ1) is 13.7. The molecule has 0 saturated carbocycles. The van der Waals surface area contributed by atoms with Gasteiger partial charge < -0.3 is 0 Å². The van der Waals surface area contributed by atoms with Crippen molar-refractivity contribution in [1.82, 2.24) is 0 Å². The third kappa shape index (κ3) is 3.11. The van der Waals surface area contributed by atoms with Crippen LogP contribution in [0.5, 0.6) is 0 Å². The third-order valence-electron chi connectivity index (χ3n) is 3.29. The predicted molar refractivity (Wildman–Crippen MR) is 62.2 cm³/mol. The molecule has 0 aliphatic rings. The van der Waals surface area contributed by atoms with Gasteiger partial charge >= 0.3 is 0 Å². The van der Waals surface area contributed by atoms with Crippen molar-refractivity contribution in [3.63, 3.8) is 0 Å². The fourth-order valence-corrected chi connectivity index (χ4v) is 2.00. The molecule has 1 heteroatoms. The number of ketones is 1. The largest absolute Gasteiger partial charge is 0.299 e. The highest BCUT2D eigenvalue weighted by Crippen LogP contribution is 2.32. The van der Waals surface area contributed by atoms with Crippen molar-refractivity contribution in [3.05, 3.63) is 0 Å². The zero-order valence-electron chi connectivity index (χ0n) is 10.8. The molecule has 0 heterocycles. The van der Waals surface area contributed by atoms with Crippen LogP contribution in [-0.4, -0.2) is 5.78 Å². The van der Waals surface area contributed by atoms with E-state index in [-0.39, 0.29) is 11.3 Å². The number of rotatable bonds is 5. The average Bonchev–Trinajstić information content (AvgIpc) is 2.02. The van der Waals surface area contributed by atoms with Crippen LogP contribution in [0.4, 0.5) is 0 Å². The van der Waals surface area contributed by atoms with E-state index < -0.39 is 0 Å². The maximum Gasteiger partial charge on any atom is 0.142 e. The molecule has 0 aromatic carbocycles. The van der Waals surface area contributed by atoms with Crippen molar-refractivity contribution < 1.29 is 4.79 Å². The van der Waals surface area contributed by atoms with E-state index in [9.17, 15) is 4.79 Å². The zero-order chi connectivity index (χ0) is 11.5. The van der Waals surface area contributed by atoms with Crippen LogP contribution in [0.3, 0.4) is 0 Å². The Labute approximate surface area is 89.3 Å². The van der Waals surface area contributed by atoms with Gasteiger partial charge in [-0.15, -0.1) is 0 Å². The molecular formula is C13H26O.